The lowest BCUT2D eigenvalue weighted by atomic mass is 10.1. The summed E-state index contributed by atoms with van der Waals surface area (Å²) in [6.45, 7) is 2.06. The molecule has 1 saturated heterocycles. The fraction of sp³-hybridized carbons (Fsp3) is 0.316. The fourth-order valence-electron chi connectivity index (χ4n) is 3.13. The first kappa shape index (κ1) is 16.5. The molecule has 0 spiro atoms. The summed E-state index contributed by atoms with van der Waals surface area (Å²) < 4.78 is 1.79. The average Bonchev–Trinajstić information content (AvgIpc) is 3.10. The number of hydrogen-bond acceptors (Lipinski definition) is 6. The molecular weight excluding hydrogens is 326 g/mol. The van der Waals surface area contributed by atoms with Gasteiger partial charge in [0.2, 0.25) is 5.95 Å². The molecule has 3 aromatic rings. The van der Waals surface area contributed by atoms with Crippen molar-refractivity contribution in [2.45, 2.75) is 18.9 Å². The number of nitrogens with one attached hydrogen (secondary N) is 3. The number of para-hydroxylation sites is 1. The Morgan fingerprint density at radius 3 is 2.65 bits per heavy atom. The maximum absolute atomic E-state index is 4.76. The first-order valence-electron chi connectivity index (χ1n) is 8.93. The fourth-order valence-corrected chi connectivity index (χ4v) is 3.13. The van der Waals surface area contributed by atoms with Gasteiger partial charge in [-0.1, -0.05) is 18.2 Å². The van der Waals surface area contributed by atoms with Gasteiger partial charge in [0.05, 0.1) is 6.20 Å². The Hall–Kier alpha value is -2.93. The Balaban J connectivity index is 1.64. The van der Waals surface area contributed by atoms with Gasteiger partial charge in [-0.25, -0.2) is 4.98 Å². The van der Waals surface area contributed by atoms with E-state index in [2.05, 4.69) is 26.0 Å². The van der Waals surface area contributed by atoms with E-state index in [1.54, 1.807) is 4.68 Å². The largest absolute Gasteiger partial charge is 0.367 e. The van der Waals surface area contributed by atoms with E-state index in [1.807, 2.05) is 56.0 Å². The predicted octanol–water partition coefficient (Wildman–Crippen LogP) is 2.78. The number of nitrogens with zero attached hydrogens (tertiary/aromatic N) is 4. The second kappa shape index (κ2) is 7.53. The van der Waals surface area contributed by atoms with Crippen LogP contribution in [-0.4, -0.2) is 38.9 Å². The van der Waals surface area contributed by atoms with E-state index in [4.69, 9.17) is 4.98 Å². The molecule has 0 atom stereocenters. The van der Waals surface area contributed by atoms with Gasteiger partial charge in [0.1, 0.15) is 5.82 Å². The van der Waals surface area contributed by atoms with Crippen molar-refractivity contribution in [1.29, 1.82) is 0 Å². The Morgan fingerprint density at radius 2 is 1.92 bits per heavy atom. The summed E-state index contributed by atoms with van der Waals surface area (Å²) in [4.78, 5) is 9.26. The van der Waals surface area contributed by atoms with Crippen LogP contribution in [0, 0.1) is 0 Å². The maximum atomic E-state index is 4.76. The molecule has 7 heteroatoms. The molecule has 2 aromatic heterocycles. The molecule has 0 saturated carbocycles. The molecule has 3 heterocycles. The predicted molar refractivity (Wildman–Crippen MR) is 103 cm³/mol. The normalized spacial score (nSPS) is 15.0. The highest BCUT2D eigenvalue weighted by molar-refractivity contribution is 5.75. The van der Waals surface area contributed by atoms with Crippen LogP contribution in [0.3, 0.4) is 0 Å². The molecule has 0 radical (unpaired) electrons. The van der Waals surface area contributed by atoms with Crippen LogP contribution in [0.1, 0.15) is 12.8 Å². The number of piperidine rings is 1. The van der Waals surface area contributed by atoms with E-state index < -0.39 is 0 Å². The van der Waals surface area contributed by atoms with Gasteiger partial charge in [0.25, 0.3) is 0 Å². The molecule has 3 N–H and O–H groups in total. The lowest BCUT2D eigenvalue weighted by Crippen LogP contribution is -2.35. The van der Waals surface area contributed by atoms with Crippen LogP contribution < -0.4 is 16.0 Å². The van der Waals surface area contributed by atoms with E-state index in [-0.39, 0.29) is 0 Å². The highest BCUT2D eigenvalue weighted by atomic mass is 15.2. The van der Waals surface area contributed by atoms with Gasteiger partial charge in [0.15, 0.2) is 0 Å². The topological polar surface area (TPSA) is 79.7 Å². The number of anilines is 3. The van der Waals surface area contributed by atoms with Gasteiger partial charge in [-0.3, -0.25) is 4.68 Å². The quantitative estimate of drug-likeness (QED) is 0.657. The van der Waals surface area contributed by atoms with E-state index >= 15 is 0 Å². The van der Waals surface area contributed by atoms with Crippen LogP contribution in [0.15, 0.2) is 48.9 Å². The third kappa shape index (κ3) is 3.83. The highest BCUT2D eigenvalue weighted by Gasteiger charge is 2.17. The van der Waals surface area contributed by atoms with Crippen LogP contribution in [0.5, 0.6) is 0 Å². The number of aryl methyl sites for hydroxylation is 1. The van der Waals surface area contributed by atoms with Crippen LogP contribution in [0.25, 0.3) is 11.1 Å². The van der Waals surface area contributed by atoms with Gasteiger partial charge in [-0.05, 0) is 38.1 Å². The van der Waals surface area contributed by atoms with Crippen molar-refractivity contribution >= 4 is 17.5 Å². The van der Waals surface area contributed by atoms with Crippen molar-refractivity contribution in [2.75, 3.05) is 23.7 Å². The van der Waals surface area contributed by atoms with Crippen molar-refractivity contribution in [1.82, 2.24) is 25.1 Å². The summed E-state index contributed by atoms with van der Waals surface area (Å²) in [5.41, 5.74) is 2.94. The summed E-state index contributed by atoms with van der Waals surface area (Å²) in [5.74, 6) is 1.43. The Bertz CT molecular complexity index is 853. The molecule has 26 heavy (non-hydrogen) atoms. The Kier molecular flexibility index (Phi) is 4.79. The van der Waals surface area contributed by atoms with E-state index in [1.165, 1.54) is 0 Å². The van der Waals surface area contributed by atoms with Gasteiger partial charge >= 0.3 is 0 Å². The second-order valence-corrected chi connectivity index (χ2v) is 6.52. The molecule has 0 aliphatic carbocycles. The smallest absolute Gasteiger partial charge is 0.229 e. The lowest BCUT2D eigenvalue weighted by Gasteiger charge is -2.25. The van der Waals surface area contributed by atoms with E-state index in [0.29, 0.717) is 12.0 Å². The number of aromatic nitrogens is 4. The second-order valence-electron chi connectivity index (χ2n) is 6.52. The monoisotopic (exact) mass is 349 g/mol. The molecule has 1 fully saturated rings. The summed E-state index contributed by atoms with van der Waals surface area (Å²) in [6.07, 6.45) is 7.85. The van der Waals surface area contributed by atoms with Crippen molar-refractivity contribution in [3.05, 3.63) is 48.9 Å². The minimum atomic E-state index is 0.408. The van der Waals surface area contributed by atoms with E-state index in [9.17, 15) is 0 Å². The van der Waals surface area contributed by atoms with E-state index in [0.717, 1.165) is 48.6 Å². The Morgan fingerprint density at radius 1 is 1.12 bits per heavy atom. The molecule has 0 bridgehead atoms. The summed E-state index contributed by atoms with van der Waals surface area (Å²) >= 11 is 0. The minimum Gasteiger partial charge on any atom is -0.367 e. The van der Waals surface area contributed by atoms with Crippen LogP contribution in [-0.2, 0) is 7.05 Å². The lowest BCUT2D eigenvalue weighted by molar-refractivity contribution is 0.478. The standard InChI is InChI=1S/C19H23N7/c1-26-13-14(11-22-26)17-12-21-19(24-15-5-3-2-4-6-15)25-18(17)23-16-7-9-20-10-8-16/h2-6,11-13,16,20H,7-10H2,1H3,(H2,21,23,24,25). The number of rotatable bonds is 5. The van der Waals surface area contributed by atoms with Crippen molar-refractivity contribution in [2.24, 2.45) is 7.05 Å². The summed E-state index contributed by atoms with van der Waals surface area (Å²) in [5, 5.41) is 14.6. The summed E-state index contributed by atoms with van der Waals surface area (Å²) in [7, 11) is 1.91. The van der Waals surface area contributed by atoms with Crippen LogP contribution >= 0.6 is 0 Å². The molecule has 1 aliphatic rings. The third-order valence-corrected chi connectivity index (χ3v) is 4.51. The van der Waals surface area contributed by atoms with Gasteiger partial charge in [-0.2, -0.15) is 10.1 Å². The van der Waals surface area contributed by atoms with Gasteiger partial charge in [0, 0.05) is 42.3 Å². The third-order valence-electron chi connectivity index (χ3n) is 4.51. The zero-order valence-electron chi connectivity index (χ0n) is 14.8. The molecule has 4 rings (SSSR count). The highest BCUT2D eigenvalue weighted by Crippen LogP contribution is 2.28. The number of benzene rings is 1. The van der Waals surface area contributed by atoms with Crippen molar-refractivity contribution in [3.63, 3.8) is 0 Å². The molecule has 0 unspecified atom stereocenters. The van der Waals surface area contributed by atoms with Crippen molar-refractivity contribution in [3.8, 4) is 11.1 Å². The van der Waals surface area contributed by atoms with Crippen LogP contribution in [0.2, 0.25) is 0 Å². The minimum absolute atomic E-state index is 0.408. The number of hydrogen-bond donors (Lipinski definition) is 3. The van der Waals surface area contributed by atoms with Gasteiger partial charge < -0.3 is 16.0 Å². The molecule has 1 aliphatic heterocycles. The summed E-state index contributed by atoms with van der Waals surface area (Å²) in [6, 6.07) is 10.4. The van der Waals surface area contributed by atoms with Crippen LogP contribution in [0.4, 0.5) is 17.5 Å². The zero-order valence-corrected chi connectivity index (χ0v) is 14.8. The Labute approximate surface area is 152 Å². The zero-order chi connectivity index (χ0) is 17.8. The van der Waals surface area contributed by atoms with Crippen molar-refractivity contribution < 1.29 is 0 Å². The molecule has 1 aromatic carbocycles. The molecule has 0 amide bonds. The SMILES string of the molecule is Cn1cc(-c2cnc(Nc3ccccc3)nc2NC2CCNCC2)cn1. The first-order chi connectivity index (χ1) is 12.8. The first-order valence-corrected chi connectivity index (χ1v) is 8.93. The average molecular weight is 349 g/mol. The van der Waals surface area contributed by atoms with Gasteiger partial charge in [-0.15, -0.1) is 0 Å². The molecule has 134 valence electrons. The molecular formula is C19H23N7. The molecule has 7 nitrogen and oxygen atoms in total. The maximum Gasteiger partial charge on any atom is 0.229 e.